The monoisotopic (exact) mass is 550 g/mol. The van der Waals surface area contributed by atoms with Gasteiger partial charge in [-0.1, -0.05) is 24.3 Å². The summed E-state index contributed by atoms with van der Waals surface area (Å²) in [5.74, 6) is -0.363. The van der Waals surface area contributed by atoms with E-state index in [0.29, 0.717) is 16.9 Å². The molecule has 0 aliphatic heterocycles. The lowest BCUT2D eigenvalue weighted by molar-refractivity contribution is 0.102. The smallest absolute Gasteiger partial charge is 0.263 e. The Morgan fingerprint density at radius 3 is 2.13 bits per heavy atom. The fraction of sp³-hybridized carbons (Fsp3) is 0.111. The van der Waals surface area contributed by atoms with E-state index in [4.69, 9.17) is 0 Å². The third-order valence-corrected chi connectivity index (χ3v) is 8.58. The molecular formula is C27H26N4O5S2. The van der Waals surface area contributed by atoms with Gasteiger partial charge in [0.05, 0.1) is 15.5 Å². The first-order valence-electron chi connectivity index (χ1n) is 11.5. The Labute approximate surface area is 222 Å². The Hall–Kier alpha value is -4.22. The van der Waals surface area contributed by atoms with E-state index in [-0.39, 0.29) is 21.2 Å². The minimum absolute atomic E-state index is 0.0117. The number of amides is 1. The van der Waals surface area contributed by atoms with Gasteiger partial charge in [0.2, 0.25) is 0 Å². The zero-order chi connectivity index (χ0) is 27.5. The van der Waals surface area contributed by atoms with Crippen LogP contribution in [0.1, 0.15) is 27.0 Å². The van der Waals surface area contributed by atoms with Gasteiger partial charge in [-0.25, -0.2) is 21.8 Å². The van der Waals surface area contributed by atoms with Crippen molar-refractivity contribution in [3.05, 3.63) is 107 Å². The normalized spacial score (nSPS) is 11.6. The van der Waals surface area contributed by atoms with Gasteiger partial charge in [-0.3, -0.25) is 14.2 Å². The van der Waals surface area contributed by atoms with E-state index < -0.39 is 26.0 Å². The van der Waals surface area contributed by atoms with Crippen LogP contribution in [0.25, 0.3) is 0 Å². The molecule has 1 aromatic heterocycles. The number of hydrogen-bond acceptors (Lipinski definition) is 6. The summed E-state index contributed by atoms with van der Waals surface area (Å²) >= 11 is 0. The number of nitrogens with zero attached hydrogens (tertiary/aromatic N) is 1. The Morgan fingerprint density at radius 2 is 1.45 bits per heavy atom. The van der Waals surface area contributed by atoms with Gasteiger partial charge in [-0.15, -0.1) is 0 Å². The molecule has 0 saturated heterocycles. The molecule has 1 heterocycles. The third kappa shape index (κ3) is 6.18. The molecule has 0 saturated carbocycles. The molecule has 9 nitrogen and oxygen atoms in total. The maximum atomic E-state index is 13.2. The number of hydrogen-bond donors (Lipinski definition) is 3. The van der Waals surface area contributed by atoms with Crippen molar-refractivity contribution in [2.24, 2.45) is 0 Å². The minimum atomic E-state index is -3.97. The molecule has 0 fully saturated rings. The molecule has 3 N–H and O–H groups in total. The van der Waals surface area contributed by atoms with Gasteiger partial charge in [0.25, 0.3) is 26.0 Å². The predicted molar refractivity (Wildman–Crippen MR) is 147 cm³/mol. The number of aryl methyl sites for hydroxylation is 3. The van der Waals surface area contributed by atoms with Crippen LogP contribution in [0.4, 0.5) is 17.2 Å². The number of benzene rings is 3. The van der Waals surface area contributed by atoms with Gasteiger partial charge in [-0.05, 0) is 92.1 Å². The van der Waals surface area contributed by atoms with Crippen LogP contribution < -0.4 is 14.8 Å². The Bertz CT molecular complexity index is 1700. The number of nitrogens with one attached hydrogen (secondary N) is 3. The highest BCUT2D eigenvalue weighted by Crippen LogP contribution is 2.24. The van der Waals surface area contributed by atoms with E-state index in [1.807, 2.05) is 19.1 Å². The van der Waals surface area contributed by atoms with E-state index in [2.05, 4.69) is 19.7 Å². The van der Waals surface area contributed by atoms with E-state index in [9.17, 15) is 21.6 Å². The van der Waals surface area contributed by atoms with Crippen LogP contribution in [-0.2, 0) is 20.0 Å². The Kier molecular flexibility index (Phi) is 7.51. The van der Waals surface area contributed by atoms with E-state index >= 15 is 0 Å². The molecule has 0 radical (unpaired) electrons. The number of rotatable bonds is 8. The second-order valence-electron chi connectivity index (χ2n) is 8.70. The molecule has 0 unspecified atom stereocenters. The van der Waals surface area contributed by atoms with Gasteiger partial charge in [-0.2, -0.15) is 0 Å². The number of sulfonamides is 2. The second-order valence-corrected chi connectivity index (χ2v) is 12.0. The van der Waals surface area contributed by atoms with Crippen molar-refractivity contribution >= 4 is 43.1 Å². The minimum Gasteiger partial charge on any atom is -0.322 e. The summed E-state index contributed by atoms with van der Waals surface area (Å²) in [6.45, 7) is 5.32. The molecule has 0 aliphatic rings. The van der Waals surface area contributed by atoms with Gasteiger partial charge in [0.1, 0.15) is 5.82 Å². The summed E-state index contributed by atoms with van der Waals surface area (Å²) in [6, 6.07) is 20.3. The van der Waals surface area contributed by atoms with Crippen molar-refractivity contribution in [3.8, 4) is 0 Å². The lowest BCUT2D eigenvalue weighted by Gasteiger charge is -2.14. The zero-order valence-corrected chi connectivity index (χ0v) is 22.5. The quantitative estimate of drug-likeness (QED) is 0.287. The number of carbonyl (C=O) groups excluding carboxylic acids is 1. The van der Waals surface area contributed by atoms with Crippen LogP contribution >= 0.6 is 0 Å². The average Bonchev–Trinajstić information content (AvgIpc) is 2.87. The topological polar surface area (TPSA) is 134 Å². The molecule has 196 valence electrons. The van der Waals surface area contributed by atoms with E-state index in [0.717, 1.165) is 11.1 Å². The number of carbonyl (C=O) groups is 1. The summed E-state index contributed by atoms with van der Waals surface area (Å²) in [4.78, 5) is 16.8. The summed E-state index contributed by atoms with van der Waals surface area (Å²) < 4.78 is 56.5. The molecule has 3 aromatic carbocycles. The van der Waals surface area contributed by atoms with Crippen LogP contribution in [0, 0.1) is 20.8 Å². The van der Waals surface area contributed by atoms with Crippen molar-refractivity contribution in [3.63, 3.8) is 0 Å². The van der Waals surface area contributed by atoms with Crippen molar-refractivity contribution in [2.75, 3.05) is 14.8 Å². The molecule has 4 aromatic rings. The van der Waals surface area contributed by atoms with Crippen LogP contribution in [0.15, 0.2) is 94.9 Å². The first kappa shape index (κ1) is 26.8. The predicted octanol–water partition coefficient (Wildman–Crippen LogP) is 4.86. The van der Waals surface area contributed by atoms with E-state index in [1.165, 1.54) is 48.7 Å². The second kappa shape index (κ2) is 10.6. The Morgan fingerprint density at radius 1 is 0.737 bits per heavy atom. The molecule has 0 bridgehead atoms. The molecule has 0 atom stereocenters. The molecule has 0 aliphatic carbocycles. The van der Waals surface area contributed by atoms with Crippen LogP contribution in [0.2, 0.25) is 0 Å². The van der Waals surface area contributed by atoms with Crippen LogP contribution in [-0.4, -0.2) is 27.7 Å². The summed E-state index contributed by atoms with van der Waals surface area (Å²) in [5, 5.41) is 2.67. The molecule has 38 heavy (non-hydrogen) atoms. The van der Waals surface area contributed by atoms with Crippen molar-refractivity contribution in [1.82, 2.24) is 4.98 Å². The first-order chi connectivity index (χ1) is 17.9. The van der Waals surface area contributed by atoms with E-state index in [1.54, 1.807) is 38.1 Å². The summed E-state index contributed by atoms with van der Waals surface area (Å²) in [6.07, 6.45) is 1.47. The van der Waals surface area contributed by atoms with Crippen LogP contribution in [0.3, 0.4) is 0 Å². The fourth-order valence-corrected chi connectivity index (χ4v) is 6.02. The Balaban J connectivity index is 1.51. The van der Waals surface area contributed by atoms with Gasteiger partial charge >= 0.3 is 0 Å². The average molecular weight is 551 g/mol. The molecule has 0 spiro atoms. The van der Waals surface area contributed by atoms with Crippen LogP contribution in [0.5, 0.6) is 0 Å². The highest BCUT2D eigenvalue weighted by atomic mass is 32.2. The summed E-state index contributed by atoms with van der Waals surface area (Å²) in [7, 11) is -7.84. The SMILES string of the molecule is Cc1ccc(C)c(NS(=O)(=O)c2cc(C(=O)Nc3ccc(S(=O)(=O)Nc4ccccn4)cc3)ccc2C)c1. The molecule has 4 rings (SSSR count). The van der Waals surface area contributed by atoms with Crippen molar-refractivity contribution < 1.29 is 21.6 Å². The highest BCUT2D eigenvalue weighted by molar-refractivity contribution is 7.93. The first-order valence-corrected chi connectivity index (χ1v) is 14.5. The largest absolute Gasteiger partial charge is 0.322 e. The zero-order valence-electron chi connectivity index (χ0n) is 20.9. The lowest BCUT2D eigenvalue weighted by atomic mass is 10.1. The van der Waals surface area contributed by atoms with Crippen molar-refractivity contribution in [1.29, 1.82) is 0 Å². The molecule has 1 amide bonds. The van der Waals surface area contributed by atoms with Crippen molar-refractivity contribution in [2.45, 2.75) is 30.6 Å². The number of aromatic nitrogens is 1. The maximum Gasteiger partial charge on any atom is 0.263 e. The van der Waals surface area contributed by atoms with Gasteiger partial charge < -0.3 is 5.32 Å². The number of pyridine rings is 1. The highest BCUT2D eigenvalue weighted by Gasteiger charge is 2.21. The molecule has 11 heteroatoms. The molecular weight excluding hydrogens is 524 g/mol. The fourth-order valence-electron chi connectivity index (χ4n) is 3.62. The lowest BCUT2D eigenvalue weighted by Crippen LogP contribution is -2.18. The maximum absolute atomic E-state index is 13.2. The van der Waals surface area contributed by atoms with Gasteiger partial charge in [0.15, 0.2) is 0 Å². The number of anilines is 3. The summed E-state index contributed by atoms with van der Waals surface area (Å²) in [5.41, 5.74) is 3.09. The standard InChI is InChI=1S/C27H26N4O5S2/c1-18-7-8-19(2)24(16-18)30-38(35,36)25-17-21(10-9-20(25)3)27(32)29-22-11-13-23(14-12-22)37(33,34)31-26-6-4-5-15-28-26/h4-17,30H,1-3H3,(H,28,31)(H,29,32). The third-order valence-electron chi connectivity index (χ3n) is 5.70. The van der Waals surface area contributed by atoms with Gasteiger partial charge in [0, 0.05) is 17.4 Å².